The van der Waals surface area contributed by atoms with Crippen LogP contribution in [-0.2, 0) is 17.8 Å². The molecule has 0 saturated carbocycles. The van der Waals surface area contributed by atoms with Crippen LogP contribution in [0.4, 0.5) is 9.39 Å². The molecule has 0 aliphatic carbocycles. The molecule has 2 aromatic carbocycles. The maximum atomic E-state index is 13.1. The van der Waals surface area contributed by atoms with E-state index in [-0.39, 0.29) is 11.7 Å². The lowest BCUT2D eigenvalue weighted by atomic mass is 10.0. The number of benzene rings is 2. The minimum Gasteiger partial charge on any atom is -0.317 e. The van der Waals surface area contributed by atoms with Gasteiger partial charge in [0.25, 0.3) is 0 Å². The summed E-state index contributed by atoms with van der Waals surface area (Å²) in [6.07, 6.45) is 2.20. The van der Waals surface area contributed by atoms with Crippen molar-refractivity contribution in [3.05, 3.63) is 64.8 Å². The largest absolute Gasteiger partial charge is 0.317 e. The van der Waals surface area contributed by atoms with Gasteiger partial charge in [0.05, 0.1) is 10.2 Å². The predicted octanol–water partition coefficient (Wildman–Crippen LogP) is 7.05. The van der Waals surface area contributed by atoms with Gasteiger partial charge in [-0.25, -0.2) is 9.37 Å². The molecule has 2 aromatic heterocycles. The molecule has 4 nitrogen and oxygen atoms in total. The molecule has 3 heterocycles. The van der Waals surface area contributed by atoms with Crippen molar-refractivity contribution < 1.29 is 9.18 Å². The van der Waals surface area contributed by atoms with Gasteiger partial charge < -0.3 is 5.32 Å². The zero-order valence-electron chi connectivity index (χ0n) is 19.0. The van der Waals surface area contributed by atoms with Crippen molar-refractivity contribution in [2.24, 2.45) is 0 Å². The number of nitrogens with one attached hydrogen (secondary N) is 1. The molecule has 1 amide bonds. The number of hydrogen-bond donors (Lipinski definition) is 1. The van der Waals surface area contributed by atoms with Crippen LogP contribution in [0.3, 0.4) is 0 Å². The van der Waals surface area contributed by atoms with Crippen molar-refractivity contribution >= 4 is 55.6 Å². The quantitative estimate of drug-likeness (QED) is 0.203. The Labute approximate surface area is 211 Å². The number of thioether (sulfide) groups is 1. The van der Waals surface area contributed by atoms with Gasteiger partial charge >= 0.3 is 0 Å². The second kappa shape index (κ2) is 10.6. The SMILES string of the molecule is CCN1CCc2c(sc(NC(=O)CCCSc3ccc(F)cc3)c2-c2nc3ccccc3s2)C1. The fourth-order valence-corrected chi connectivity index (χ4v) is 7.43. The summed E-state index contributed by atoms with van der Waals surface area (Å²) in [6.45, 7) is 5.19. The van der Waals surface area contributed by atoms with E-state index < -0.39 is 0 Å². The van der Waals surface area contributed by atoms with Crippen LogP contribution in [0.5, 0.6) is 0 Å². The highest BCUT2D eigenvalue weighted by molar-refractivity contribution is 7.99. The van der Waals surface area contributed by atoms with Gasteiger partial charge in [-0.15, -0.1) is 34.4 Å². The highest BCUT2D eigenvalue weighted by atomic mass is 32.2. The predicted molar refractivity (Wildman–Crippen MR) is 143 cm³/mol. The number of para-hydroxylation sites is 1. The summed E-state index contributed by atoms with van der Waals surface area (Å²) >= 11 is 5.05. The van der Waals surface area contributed by atoms with Gasteiger partial charge in [-0.3, -0.25) is 9.69 Å². The first-order chi connectivity index (χ1) is 16.6. The molecule has 0 unspecified atom stereocenters. The standard InChI is InChI=1S/C26H26FN3OS3/c1-2-30-14-13-19-22(16-30)34-26(24(19)25-28-20-6-3-4-7-21(20)33-25)29-23(31)8-5-15-32-18-11-9-17(27)10-12-18/h3-4,6-7,9-12H,2,5,8,13-16H2,1H3,(H,29,31). The van der Waals surface area contributed by atoms with Gasteiger partial charge in [0.15, 0.2) is 0 Å². The molecule has 5 rings (SSSR count). The molecule has 0 saturated heterocycles. The Morgan fingerprint density at radius 2 is 2.00 bits per heavy atom. The van der Waals surface area contributed by atoms with Crippen molar-refractivity contribution in [3.63, 3.8) is 0 Å². The smallest absolute Gasteiger partial charge is 0.225 e. The van der Waals surface area contributed by atoms with E-state index in [0.29, 0.717) is 6.42 Å². The minimum absolute atomic E-state index is 0.0352. The summed E-state index contributed by atoms with van der Waals surface area (Å²) in [7, 11) is 0. The van der Waals surface area contributed by atoms with Crippen LogP contribution < -0.4 is 5.32 Å². The first-order valence-electron chi connectivity index (χ1n) is 11.5. The molecule has 0 radical (unpaired) electrons. The number of carbonyl (C=O) groups is 1. The first kappa shape index (κ1) is 23.5. The Kier molecular flexibility index (Phi) is 7.29. The number of carbonyl (C=O) groups excluding carboxylic acids is 1. The number of rotatable bonds is 8. The van der Waals surface area contributed by atoms with Crippen molar-refractivity contribution in [1.29, 1.82) is 0 Å². The van der Waals surface area contributed by atoms with E-state index in [0.717, 1.165) is 64.2 Å². The van der Waals surface area contributed by atoms with Crippen LogP contribution in [0.2, 0.25) is 0 Å². The third-order valence-electron chi connectivity index (χ3n) is 5.97. The van der Waals surface area contributed by atoms with Gasteiger partial charge in [-0.05, 0) is 67.1 Å². The zero-order valence-corrected chi connectivity index (χ0v) is 21.4. The minimum atomic E-state index is -0.228. The van der Waals surface area contributed by atoms with Gasteiger partial charge in [0.2, 0.25) is 5.91 Å². The Morgan fingerprint density at radius 3 is 2.79 bits per heavy atom. The number of fused-ring (bicyclic) bond motifs is 2. The normalized spacial score (nSPS) is 13.8. The summed E-state index contributed by atoms with van der Waals surface area (Å²) in [4.78, 5) is 22.6. The number of nitrogens with zero attached hydrogens (tertiary/aromatic N) is 2. The molecular formula is C26H26FN3OS3. The summed E-state index contributed by atoms with van der Waals surface area (Å²) in [5.41, 5.74) is 3.46. The van der Waals surface area contributed by atoms with Gasteiger partial charge in [0.1, 0.15) is 15.8 Å². The number of anilines is 1. The Balaban J connectivity index is 1.31. The summed E-state index contributed by atoms with van der Waals surface area (Å²) in [5, 5.41) is 5.14. The van der Waals surface area contributed by atoms with Crippen molar-refractivity contribution in [2.45, 2.75) is 37.6 Å². The molecule has 0 spiro atoms. The van der Waals surface area contributed by atoms with E-state index in [1.165, 1.54) is 27.3 Å². The fourth-order valence-electron chi connectivity index (χ4n) is 4.16. The second-order valence-electron chi connectivity index (χ2n) is 8.27. The van der Waals surface area contributed by atoms with Crippen LogP contribution in [-0.4, -0.2) is 34.6 Å². The third-order valence-corrected chi connectivity index (χ3v) is 9.26. The average Bonchev–Trinajstić information content (AvgIpc) is 3.42. The highest BCUT2D eigenvalue weighted by Gasteiger charge is 2.27. The maximum Gasteiger partial charge on any atom is 0.225 e. The first-order valence-corrected chi connectivity index (χ1v) is 14.1. The fraction of sp³-hybridized carbons (Fsp3) is 0.308. The van der Waals surface area contributed by atoms with E-state index >= 15 is 0 Å². The Hall–Kier alpha value is -2.26. The van der Waals surface area contributed by atoms with Gasteiger partial charge in [-0.1, -0.05) is 19.1 Å². The molecule has 0 atom stereocenters. The zero-order chi connectivity index (χ0) is 23.5. The third kappa shape index (κ3) is 5.20. The average molecular weight is 512 g/mol. The summed E-state index contributed by atoms with van der Waals surface area (Å²) < 4.78 is 14.2. The van der Waals surface area contributed by atoms with E-state index in [2.05, 4.69) is 23.2 Å². The molecule has 1 N–H and O–H groups in total. The number of amides is 1. The number of thiazole rings is 1. The van der Waals surface area contributed by atoms with E-state index in [4.69, 9.17) is 4.98 Å². The highest BCUT2D eigenvalue weighted by Crippen LogP contribution is 2.45. The molecular weight excluding hydrogens is 486 g/mol. The van der Waals surface area contributed by atoms with E-state index in [1.807, 2.05) is 18.2 Å². The second-order valence-corrected chi connectivity index (χ2v) is 11.6. The van der Waals surface area contributed by atoms with Crippen LogP contribution >= 0.6 is 34.4 Å². The lowest BCUT2D eigenvalue weighted by Crippen LogP contribution is -2.29. The lowest BCUT2D eigenvalue weighted by Gasteiger charge is -2.25. The molecule has 8 heteroatoms. The van der Waals surface area contributed by atoms with E-state index in [9.17, 15) is 9.18 Å². The number of likely N-dealkylation sites (N-methyl/N-ethyl adjacent to an activating group) is 1. The maximum absolute atomic E-state index is 13.1. The molecule has 176 valence electrons. The monoisotopic (exact) mass is 511 g/mol. The van der Waals surface area contributed by atoms with Crippen LogP contribution in [0.15, 0.2) is 53.4 Å². The Bertz CT molecular complexity index is 1270. The number of thiophene rings is 1. The molecule has 34 heavy (non-hydrogen) atoms. The molecule has 0 bridgehead atoms. The Morgan fingerprint density at radius 1 is 1.18 bits per heavy atom. The topological polar surface area (TPSA) is 45.2 Å². The molecule has 1 aliphatic rings. The van der Waals surface area contributed by atoms with Crippen LogP contribution in [0.25, 0.3) is 20.8 Å². The van der Waals surface area contributed by atoms with Crippen molar-refractivity contribution in [2.75, 3.05) is 24.2 Å². The summed E-state index contributed by atoms with van der Waals surface area (Å²) in [6, 6.07) is 14.7. The van der Waals surface area contributed by atoms with Gasteiger partial charge in [0, 0.05) is 34.8 Å². The lowest BCUT2D eigenvalue weighted by molar-refractivity contribution is -0.116. The van der Waals surface area contributed by atoms with E-state index in [1.54, 1.807) is 46.6 Å². The molecule has 4 aromatic rings. The number of aromatic nitrogens is 1. The van der Waals surface area contributed by atoms with Crippen LogP contribution in [0, 0.1) is 5.82 Å². The van der Waals surface area contributed by atoms with Crippen molar-refractivity contribution in [1.82, 2.24) is 9.88 Å². The van der Waals surface area contributed by atoms with Gasteiger partial charge in [-0.2, -0.15) is 0 Å². The van der Waals surface area contributed by atoms with Crippen molar-refractivity contribution in [3.8, 4) is 10.6 Å². The summed E-state index contributed by atoms with van der Waals surface area (Å²) in [5.74, 6) is 0.622. The number of hydrogen-bond acceptors (Lipinski definition) is 6. The molecule has 1 aliphatic heterocycles. The molecule has 0 fully saturated rings. The van der Waals surface area contributed by atoms with Crippen LogP contribution in [0.1, 0.15) is 30.2 Å². The number of halogens is 1.